The molecule has 1 atom stereocenters. The number of anilines is 1. The van der Waals surface area contributed by atoms with E-state index in [1.807, 2.05) is 43.3 Å². The largest absolute Gasteiger partial charge is 0.455 e. The number of ether oxygens (including phenoxy) is 1. The monoisotopic (exact) mass is 503 g/mol. The molecule has 0 unspecified atom stereocenters. The number of hydrogen-bond acceptors (Lipinski definition) is 9. The normalized spacial score (nSPS) is 14.2. The van der Waals surface area contributed by atoms with Gasteiger partial charge in [0.2, 0.25) is 17.3 Å². The lowest BCUT2D eigenvalue weighted by Gasteiger charge is -2.16. The minimum absolute atomic E-state index is 0.0422. The Morgan fingerprint density at radius 2 is 1.94 bits per heavy atom. The molecule has 2 aromatic heterocycles. The molecule has 184 valence electrons. The van der Waals surface area contributed by atoms with E-state index in [9.17, 15) is 10.1 Å². The van der Waals surface area contributed by atoms with E-state index in [1.54, 1.807) is 17.8 Å². The van der Waals surface area contributed by atoms with Gasteiger partial charge in [0, 0.05) is 34.7 Å². The van der Waals surface area contributed by atoms with Crippen molar-refractivity contribution in [3.63, 3.8) is 0 Å². The van der Waals surface area contributed by atoms with Crippen LogP contribution in [-0.4, -0.2) is 25.9 Å². The summed E-state index contributed by atoms with van der Waals surface area (Å²) in [7, 11) is 0. The molecule has 0 amide bonds. The second kappa shape index (κ2) is 10.4. The molecule has 0 saturated heterocycles. The Kier molecular flexibility index (Phi) is 6.86. The highest BCUT2D eigenvalue weighted by Gasteiger charge is 2.28. The zero-order valence-electron chi connectivity index (χ0n) is 19.9. The number of nitro groups is 1. The van der Waals surface area contributed by atoms with E-state index in [2.05, 4.69) is 27.4 Å². The summed E-state index contributed by atoms with van der Waals surface area (Å²) in [6.45, 7) is 3.99. The highest BCUT2D eigenvalue weighted by Crippen LogP contribution is 2.40. The maximum Gasteiger partial charge on any atom is 0.269 e. The van der Waals surface area contributed by atoms with Crippen LogP contribution in [0.4, 0.5) is 11.4 Å². The number of benzene rings is 2. The third-order valence-electron chi connectivity index (χ3n) is 5.88. The van der Waals surface area contributed by atoms with Crippen LogP contribution in [0.15, 0.2) is 64.2 Å². The van der Waals surface area contributed by atoms with Crippen LogP contribution < -0.4 is 10.1 Å². The average Bonchev–Trinajstić information content (AvgIpc) is 3.30. The van der Waals surface area contributed by atoms with Crippen molar-refractivity contribution >= 4 is 23.1 Å². The number of rotatable bonds is 8. The van der Waals surface area contributed by atoms with Crippen molar-refractivity contribution in [2.24, 2.45) is 0 Å². The smallest absolute Gasteiger partial charge is 0.269 e. The molecular weight excluding hydrogens is 478 g/mol. The van der Waals surface area contributed by atoms with Crippen molar-refractivity contribution in [1.82, 2.24) is 15.2 Å². The summed E-state index contributed by atoms with van der Waals surface area (Å²) in [4.78, 5) is 15.4. The Bertz CT molecular complexity index is 1410. The van der Waals surface area contributed by atoms with E-state index in [1.165, 1.54) is 12.1 Å². The number of hydrogen-bond donors (Lipinski definition) is 1. The predicted molar refractivity (Wildman–Crippen MR) is 138 cm³/mol. The van der Waals surface area contributed by atoms with E-state index in [0.717, 1.165) is 47.4 Å². The number of nitrogens with one attached hydrogen (secondary N) is 1. The molecular formula is C26H25N5O4S. The minimum atomic E-state index is -0.658. The summed E-state index contributed by atoms with van der Waals surface area (Å²) in [6.07, 6.45) is 2.75. The molecule has 10 heteroatoms. The Labute approximate surface area is 212 Å². The standard InChI is InChI=1S/C26H25N5O4S/c1-3-4-7-14-36-26-28-25-23(29-30-26)19-8-5-6-9-20(19)27-24(35-25)22-13-12-21(34-22)18-11-10-17(31(32)33)15-16(18)2/h5-6,8-13,15,24,27H,3-4,7,14H2,1-2H3/t24-/m0/s1. The van der Waals surface area contributed by atoms with Crippen LogP contribution >= 0.6 is 11.8 Å². The van der Waals surface area contributed by atoms with Crippen LogP contribution in [0.1, 0.15) is 43.7 Å². The molecule has 5 rings (SSSR count). The Morgan fingerprint density at radius 3 is 2.75 bits per heavy atom. The van der Waals surface area contributed by atoms with Gasteiger partial charge in [0.05, 0.1) is 4.92 Å². The van der Waals surface area contributed by atoms with Gasteiger partial charge in [-0.15, -0.1) is 10.2 Å². The summed E-state index contributed by atoms with van der Waals surface area (Å²) in [6, 6.07) is 16.1. The Balaban J connectivity index is 1.46. The second-order valence-electron chi connectivity index (χ2n) is 8.45. The number of non-ortho nitro benzene ring substituents is 1. The molecule has 0 saturated carbocycles. The highest BCUT2D eigenvalue weighted by atomic mass is 32.2. The number of thioether (sulfide) groups is 1. The van der Waals surface area contributed by atoms with E-state index < -0.39 is 11.2 Å². The number of aromatic nitrogens is 3. The van der Waals surface area contributed by atoms with Crippen LogP contribution in [0.3, 0.4) is 0 Å². The molecule has 9 nitrogen and oxygen atoms in total. The van der Waals surface area contributed by atoms with Crippen LogP contribution in [0.25, 0.3) is 22.6 Å². The molecule has 0 bridgehead atoms. The Morgan fingerprint density at radius 1 is 1.08 bits per heavy atom. The summed E-state index contributed by atoms with van der Waals surface area (Å²) in [5.41, 5.74) is 3.80. The van der Waals surface area contributed by atoms with Crippen molar-refractivity contribution in [3.05, 3.63) is 76.0 Å². The van der Waals surface area contributed by atoms with Crippen molar-refractivity contribution in [3.8, 4) is 28.5 Å². The maximum atomic E-state index is 11.1. The summed E-state index contributed by atoms with van der Waals surface area (Å²) in [5.74, 6) is 2.44. The molecule has 0 spiro atoms. The molecule has 2 aromatic carbocycles. The number of aryl methyl sites for hydroxylation is 1. The van der Waals surface area contributed by atoms with Gasteiger partial charge < -0.3 is 14.5 Å². The van der Waals surface area contributed by atoms with Gasteiger partial charge in [0.25, 0.3) is 5.69 Å². The lowest BCUT2D eigenvalue weighted by atomic mass is 10.1. The lowest BCUT2D eigenvalue weighted by molar-refractivity contribution is -0.384. The topological polar surface area (TPSA) is 116 Å². The van der Waals surface area contributed by atoms with Crippen molar-refractivity contribution in [2.45, 2.75) is 44.5 Å². The van der Waals surface area contributed by atoms with Gasteiger partial charge in [0.1, 0.15) is 5.76 Å². The lowest BCUT2D eigenvalue weighted by Crippen LogP contribution is -2.16. The van der Waals surface area contributed by atoms with E-state index in [4.69, 9.17) is 9.15 Å². The van der Waals surface area contributed by atoms with Gasteiger partial charge in [-0.25, -0.2) is 0 Å². The van der Waals surface area contributed by atoms with Gasteiger partial charge in [-0.1, -0.05) is 49.7 Å². The quantitative estimate of drug-likeness (QED) is 0.120. The van der Waals surface area contributed by atoms with Crippen molar-refractivity contribution < 1.29 is 14.1 Å². The summed E-state index contributed by atoms with van der Waals surface area (Å²) < 4.78 is 12.5. The number of nitrogens with zero attached hydrogens (tertiary/aromatic N) is 4. The first-order valence-electron chi connectivity index (χ1n) is 11.8. The minimum Gasteiger partial charge on any atom is -0.455 e. The SMILES string of the molecule is CCCCCSc1nnc2c(n1)O[C@@H](c1ccc(-c3ccc([N+](=O)[O-])cc3C)o1)Nc1ccccc1-2. The van der Waals surface area contributed by atoms with Crippen LogP contribution in [0.5, 0.6) is 5.88 Å². The van der Waals surface area contributed by atoms with E-state index >= 15 is 0 Å². The van der Waals surface area contributed by atoms with E-state index in [-0.39, 0.29) is 5.69 Å². The fraction of sp³-hybridized carbons (Fsp3) is 0.269. The maximum absolute atomic E-state index is 11.1. The number of para-hydroxylation sites is 1. The predicted octanol–water partition coefficient (Wildman–Crippen LogP) is 6.80. The highest BCUT2D eigenvalue weighted by molar-refractivity contribution is 7.99. The molecule has 0 radical (unpaired) electrons. The van der Waals surface area contributed by atoms with Gasteiger partial charge in [-0.2, -0.15) is 4.98 Å². The van der Waals surface area contributed by atoms with Gasteiger partial charge in [0.15, 0.2) is 11.5 Å². The van der Waals surface area contributed by atoms with Gasteiger partial charge >= 0.3 is 0 Å². The summed E-state index contributed by atoms with van der Waals surface area (Å²) >= 11 is 1.57. The molecule has 4 aromatic rings. The molecule has 36 heavy (non-hydrogen) atoms. The van der Waals surface area contributed by atoms with Crippen molar-refractivity contribution in [2.75, 3.05) is 11.1 Å². The number of nitro benzene ring substituents is 1. The van der Waals surface area contributed by atoms with Crippen LogP contribution in [-0.2, 0) is 0 Å². The van der Waals surface area contributed by atoms with Gasteiger partial charge in [-0.05, 0) is 43.2 Å². The summed E-state index contributed by atoms with van der Waals surface area (Å²) in [5, 5.41) is 23.8. The first-order chi connectivity index (χ1) is 17.5. The molecule has 0 fully saturated rings. The third-order valence-corrected chi connectivity index (χ3v) is 6.81. The first-order valence-corrected chi connectivity index (χ1v) is 12.8. The third kappa shape index (κ3) is 4.90. The fourth-order valence-electron chi connectivity index (χ4n) is 4.03. The van der Waals surface area contributed by atoms with Crippen LogP contribution in [0, 0.1) is 17.0 Å². The molecule has 1 aliphatic heterocycles. The molecule has 1 N–H and O–H groups in total. The first kappa shape index (κ1) is 23.8. The number of fused-ring (bicyclic) bond motifs is 3. The van der Waals surface area contributed by atoms with Crippen molar-refractivity contribution in [1.29, 1.82) is 0 Å². The Hall–Kier alpha value is -3.92. The van der Waals surface area contributed by atoms with Crippen LogP contribution in [0.2, 0.25) is 0 Å². The zero-order valence-corrected chi connectivity index (χ0v) is 20.7. The molecule has 0 aliphatic carbocycles. The second-order valence-corrected chi connectivity index (χ2v) is 9.51. The average molecular weight is 504 g/mol. The molecule has 3 heterocycles. The number of furan rings is 1. The number of unbranched alkanes of at least 4 members (excludes halogenated alkanes) is 2. The van der Waals surface area contributed by atoms with E-state index in [0.29, 0.717) is 28.3 Å². The zero-order chi connectivity index (χ0) is 25.1. The molecule has 1 aliphatic rings. The van der Waals surface area contributed by atoms with Gasteiger partial charge in [-0.3, -0.25) is 10.1 Å². The fourth-order valence-corrected chi connectivity index (χ4v) is 4.81.